The molecule has 76 valence electrons. The normalized spacial score (nSPS) is 17.9. The van der Waals surface area contributed by atoms with Gasteiger partial charge in [0, 0.05) is 5.38 Å². The molecule has 1 saturated carbocycles. The van der Waals surface area contributed by atoms with Gasteiger partial charge in [0.25, 0.3) is 0 Å². The second-order valence-electron chi connectivity index (χ2n) is 3.57. The van der Waals surface area contributed by atoms with Crippen molar-refractivity contribution in [3.63, 3.8) is 0 Å². The molecule has 2 rings (SSSR count). The van der Waals surface area contributed by atoms with Crippen molar-refractivity contribution in [1.29, 1.82) is 0 Å². The number of aromatic nitrogens is 1. The number of rotatable bonds is 3. The Hall–Kier alpha value is -0.900. The molecule has 0 N–H and O–H groups in total. The van der Waals surface area contributed by atoms with E-state index in [1.165, 1.54) is 7.11 Å². The van der Waals surface area contributed by atoms with Crippen molar-refractivity contribution in [2.24, 2.45) is 0 Å². The van der Waals surface area contributed by atoms with E-state index in [-0.39, 0.29) is 11.4 Å². The summed E-state index contributed by atoms with van der Waals surface area (Å²) in [5.41, 5.74) is 0.688. The third-order valence-electron chi connectivity index (χ3n) is 2.65. The van der Waals surface area contributed by atoms with Crippen LogP contribution in [0.15, 0.2) is 5.38 Å². The van der Waals surface area contributed by atoms with Crippen molar-refractivity contribution < 1.29 is 9.53 Å². The second kappa shape index (κ2) is 3.35. The third kappa shape index (κ3) is 1.34. The van der Waals surface area contributed by atoms with Gasteiger partial charge in [0.15, 0.2) is 0 Å². The number of carbonyl (C=O) groups is 1. The summed E-state index contributed by atoms with van der Waals surface area (Å²) in [6.07, 6.45) is 2.69. The van der Waals surface area contributed by atoms with Gasteiger partial charge < -0.3 is 4.74 Å². The van der Waals surface area contributed by atoms with Crippen LogP contribution in [0.4, 0.5) is 0 Å². The Bertz CT molecular complexity index is 355. The van der Waals surface area contributed by atoms with Gasteiger partial charge in [-0.1, -0.05) is 6.92 Å². The molecule has 1 aromatic heterocycles. The molecule has 1 aliphatic rings. The van der Waals surface area contributed by atoms with E-state index in [0.717, 1.165) is 30.0 Å². The van der Waals surface area contributed by atoms with Crippen LogP contribution in [0.3, 0.4) is 0 Å². The number of ether oxygens (including phenoxy) is 1. The summed E-state index contributed by atoms with van der Waals surface area (Å²) < 4.78 is 4.80. The van der Waals surface area contributed by atoms with Crippen molar-refractivity contribution >= 4 is 17.3 Å². The molecule has 14 heavy (non-hydrogen) atoms. The number of esters is 1. The Morgan fingerprint density at radius 1 is 1.71 bits per heavy atom. The highest BCUT2D eigenvalue weighted by Crippen LogP contribution is 2.50. The monoisotopic (exact) mass is 211 g/mol. The molecule has 0 aromatic carbocycles. The van der Waals surface area contributed by atoms with Crippen molar-refractivity contribution in [3.05, 3.63) is 16.1 Å². The quantitative estimate of drug-likeness (QED) is 0.717. The van der Waals surface area contributed by atoms with Crippen molar-refractivity contribution in [1.82, 2.24) is 4.98 Å². The highest BCUT2D eigenvalue weighted by atomic mass is 32.1. The Morgan fingerprint density at radius 3 is 2.86 bits per heavy atom. The molecule has 4 heteroatoms. The summed E-state index contributed by atoms with van der Waals surface area (Å²) >= 11 is 1.58. The summed E-state index contributed by atoms with van der Waals surface area (Å²) in [6.45, 7) is 2.07. The van der Waals surface area contributed by atoms with Gasteiger partial charge in [-0.3, -0.25) is 4.79 Å². The summed E-state index contributed by atoms with van der Waals surface area (Å²) in [6, 6.07) is 0. The van der Waals surface area contributed by atoms with Crippen LogP contribution in [-0.2, 0) is 21.4 Å². The molecule has 0 unspecified atom stereocenters. The van der Waals surface area contributed by atoms with E-state index in [1.807, 2.05) is 5.38 Å². The number of methoxy groups -OCH3 is 1. The van der Waals surface area contributed by atoms with E-state index in [2.05, 4.69) is 11.9 Å². The fourth-order valence-electron chi connectivity index (χ4n) is 1.51. The third-order valence-corrected chi connectivity index (χ3v) is 3.74. The summed E-state index contributed by atoms with van der Waals surface area (Å²) in [5.74, 6) is -0.130. The van der Waals surface area contributed by atoms with Crippen LogP contribution < -0.4 is 0 Å². The van der Waals surface area contributed by atoms with E-state index in [4.69, 9.17) is 4.74 Å². The van der Waals surface area contributed by atoms with E-state index in [1.54, 1.807) is 11.3 Å². The maximum absolute atomic E-state index is 11.5. The average Bonchev–Trinajstić information content (AvgIpc) is 2.89. The lowest BCUT2D eigenvalue weighted by Gasteiger charge is -2.07. The number of nitrogens with zero attached hydrogens (tertiary/aromatic N) is 1. The van der Waals surface area contributed by atoms with Crippen LogP contribution >= 0.6 is 11.3 Å². The van der Waals surface area contributed by atoms with E-state index in [0.29, 0.717) is 0 Å². The number of thiazole rings is 1. The molecule has 3 nitrogen and oxygen atoms in total. The van der Waals surface area contributed by atoms with Crippen LogP contribution in [-0.4, -0.2) is 18.1 Å². The minimum atomic E-state index is -0.382. The molecule has 0 bridgehead atoms. The van der Waals surface area contributed by atoms with Crippen LogP contribution in [0.25, 0.3) is 0 Å². The predicted octanol–water partition coefficient (Wildman–Crippen LogP) is 1.91. The molecule has 0 aliphatic heterocycles. The molecule has 0 saturated heterocycles. The molecule has 1 fully saturated rings. The fraction of sp³-hybridized carbons (Fsp3) is 0.600. The van der Waals surface area contributed by atoms with Crippen LogP contribution in [0.5, 0.6) is 0 Å². The van der Waals surface area contributed by atoms with Crippen LogP contribution in [0.1, 0.15) is 30.5 Å². The molecular weight excluding hydrogens is 198 g/mol. The molecular formula is C10H13NO2S. The number of aryl methyl sites for hydroxylation is 1. The maximum Gasteiger partial charge on any atom is 0.318 e. The first-order chi connectivity index (χ1) is 6.73. The molecule has 1 heterocycles. The van der Waals surface area contributed by atoms with Gasteiger partial charge in [0.1, 0.15) is 10.4 Å². The van der Waals surface area contributed by atoms with Gasteiger partial charge in [-0.25, -0.2) is 4.98 Å². The predicted molar refractivity (Wildman–Crippen MR) is 54.4 cm³/mol. The molecule has 0 radical (unpaired) electrons. The van der Waals surface area contributed by atoms with Crippen LogP contribution in [0, 0.1) is 0 Å². The lowest BCUT2D eigenvalue weighted by molar-refractivity contribution is -0.143. The molecule has 1 aliphatic carbocycles. The first-order valence-electron chi connectivity index (χ1n) is 4.76. The lowest BCUT2D eigenvalue weighted by atomic mass is 10.1. The minimum absolute atomic E-state index is 0.130. The average molecular weight is 211 g/mol. The lowest BCUT2D eigenvalue weighted by Crippen LogP contribution is -2.21. The van der Waals surface area contributed by atoms with Gasteiger partial charge >= 0.3 is 5.97 Å². The van der Waals surface area contributed by atoms with E-state index < -0.39 is 0 Å². The van der Waals surface area contributed by atoms with Gasteiger partial charge in [0.05, 0.1) is 12.8 Å². The zero-order chi connectivity index (χ0) is 10.2. The van der Waals surface area contributed by atoms with Gasteiger partial charge in [0.2, 0.25) is 0 Å². The van der Waals surface area contributed by atoms with E-state index in [9.17, 15) is 4.79 Å². The first-order valence-corrected chi connectivity index (χ1v) is 5.64. The summed E-state index contributed by atoms with van der Waals surface area (Å²) in [7, 11) is 1.44. The molecule has 0 amide bonds. The Morgan fingerprint density at radius 2 is 2.43 bits per heavy atom. The van der Waals surface area contributed by atoms with Gasteiger partial charge in [-0.15, -0.1) is 11.3 Å². The largest absolute Gasteiger partial charge is 0.468 e. The maximum atomic E-state index is 11.5. The number of hydrogen-bond donors (Lipinski definition) is 0. The SMILES string of the molecule is CCc1csc(C2(C(=O)OC)CC2)n1. The summed E-state index contributed by atoms with van der Waals surface area (Å²) in [4.78, 5) is 16.0. The summed E-state index contributed by atoms with van der Waals surface area (Å²) in [5, 5.41) is 2.96. The Balaban J connectivity index is 2.26. The van der Waals surface area contributed by atoms with E-state index >= 15 is 0 Å². The van der Waals surface area contributed by atoms with Gasteiger partial charge in [-0.2, -0.15) is 0 Å². The van der Waals surface area contributed by atoms with Crippen LogP contribution in [0.2, 0.25) is 0 Å². The highest BCUT2D eigenvalue weighted by molar-refractivity contribution is 7.10. The topological polar surface area (TPSA) is 39.2 Å². The number of hydrogen-bond acceptors (Lipinski definition) is 4. The van der Waals surface area contributed by atoms with Crippen molar-refractivity contribution in [2.45, 2.75) is 31.6 Å². The molecule has 0 spiro atoms. The minimum Gasteiger partial charge on any atom is -0.468 e. The van der Waals surface area contributed by atoms with Crippen molar-refractivity contribution in [2.75, 3.05) is 7.11 Å². The number of carbonyl (C=O) groups excluding carboxylic acids is 1. The highest BCUT2D eigenvalue weighted by Gasteiger charge is 2.54. The Labute approximate surface area is 87.1 Å². The zero-order valence-electron chi connectivity index (χ0n) is 8.37. The Kier molecular flexibility index (Phi) is 2.31. The standard InChI is InChI=1S/C10H13NO2S/c1-3-7-6-14-8(11-7)10(4-5-10)9(12)13-2/h6H,3-5H2,1-2H3. The molecule has 0 atom stereocenters. The molecule has 1 aromatic rings. The van der Waals surface area contributed by atoms with Crippen molar-refractivity contribution in [3.8, 4) is 0 Å². The first kappa shape index (κ1) is 9.65. The fourth-order valence-corrected chi connectivity index (χ4v) is 2.66. The smallest absolute Gasteiger partial charge is 0.318 e. The second-order valence-corrected chi connectivity index (χ2v) is 4.43. The zero-order valence-corrected chi connectivity index (χ0v) is 9.19. The van der Waals surface area contributed by atoms with Gasteiger partial charge in [-0.05, 0) is 19.3 Å².